The van der Waals surface area contributed by atoms with Crippen LogP contribution in [0.1, 0.15) is 54.1 Å². The Morgan fingerprint density at radius 3 is 2.37 bits per heavy atom. The van der Waals surface area contributed by atoms with E-state index in [1.165, 1.54) is 7.11 Å². The maximum absolute atomic E-state index is 13.4. The number of methoxy groups -OCH3 is 1. The minimum Gasteiger partial charge on any atom is -0.493 e. The molecule has 7 heteroatoms. The number of esters is 1. The molecule has 0 aliphatic carbocycles. The van der Waals surface area contributed by atoms with Gasteiger partial charge in [0.25, 0.3) is 0 Å². The summed E-state index contributed by atoms with van der Waals surface area (Å²) in [4.78, 5) is 12.6. The lowest BCUT2D eigenvalue weighted by Gasteiger charge is -2.21. The number of carbonyl (C=O) groups is 1. The molecule has 0 saturated carbocycles. The fourth-order valence-corrected chi connectivity index (χ4v) is 5.74. The van der Waals surface area contributed by atoms with Crippen molar-refractivity contribution in [2.24, 2.45) is 0 Å². The Balaban J connectivity index is 1.75. The Hall–Kier alpha value is -3.42. The van der Waals surface area contributed by atoms with Crippen LogP contribution in [-0.2, 0) is 16.3 Å². The van der Waals surface area contributed by atoms with Crippen LogP contribution in [0.4, 0.5) is 0 Å². The fourth-order valence-electron chi connectivity index (χ4n) is 4.04. The number of hydrogen-bond donors (Lipinski definition) is 1. The summed E-state index contributed by atoms with van der Waals surface area (Å²) >= 11 is 0. The zero-order chi connectivity index (χ0) is 27.5. The van der Waals surface area contributed by atoms with Crippen LogP contribution >= 0.6 is 0 Å². The van der Waals surface area contributed by atoms with Gasteiger partial charge in [-0.2, -0.15) is 0 Å². The lowest BCUT2D eigenvalue weighted by molar-refractivity contribution is 0.0729. The fraction of sp³-hybridized carbons (Fsp3) is 0.323. The first kappa shape index (κ1) is 29.1. The molecule has 1 N–H and O–H groups in total. The van der Waals surface area contributed by atoms with Crippen LogP contribution in [0.2, 0.25) is 0 Å². The Labute approximate surface area is 225 Å². The predicted molar refractivity (Wildman–Crippen MR) is 150 cm³/mol. The average Bonchev–Trinajstić information content (AvgIpc) is 2.92. The van der Waals surface area contributed by atoms with Crippen LogP contribution in [0, 0.1) is 6.92 Å². The molecule has 0 aliphatic heterocycles. The summed E-state index contributed by atoms with van der Waals surface area (Å²) < 4.78 is 37.8. The zero-order valence-electron chi connectivity index (χ0n) is 22.2. The summed E-state index contributed by atoms with van der Waals surface area (Å²) in [5.74, 6) is 0.167. The van der Waals surface area contributed by atoms with E-state index in [9.17, 15) is 18.3 Å². The van der Waals surface area contributed by atoms with Crippen molar-refractivity contribution in [3.63, 3.8) is 0 Å². The van der Waals surface area contributed by atoms with Crippen molar-refractivity contribution < 1.29 is 27.8 Å². The number of rotatable bonds is 13. The van der Waals surface area contributed by atoms with E-state index >= 15 is 0 Å². The van der Waals surface area contributed by atoms with Gasteiger partial charge in [-0.1, -0.05) is 73.9 Å². The second-order valence-corrected chi connectivity index (χ2v) is 11.3. The number of unbranched alkanes of at least 4 members (excludes halogenated alkanes) is 2. The maximum atomic E-state index is 13.4. The molecule has 0 bridgehead atoms. The molecule has 3 aromatic rings. The van der Waals surface area contributed by atoms with Gasteiger partial charge in [0.2, 0.25) is 0 Å². The molecule has 2 atom stereocenters. The van der Waals surface area contributed by atoms with E-state index in [1.807, 2.05) is 19.1 Å². The number of hydrogen-bond acceptors (Lipinski definition) is 6. The van der Waals surface area contributed by atoms with E-state index < -0.39 is 27.2 Å². The quantitative estimate of drug-likeness (QED) is 0.123. The minimum absolute atomic E-state index is 0.193. The third-order valence-corrected chi connectivity index (χ3v) is 8.42. The van der Waals surface area contributed by atoms with Crippen LogP contribution in [0.25, 0.3) is 0 Å². The largest absolute Gasteiger partial charge is 0.493 e. The van der Waals surface area contributed by atoms with Gasteiger partial charge in [-0.05, 0) is 68.1 Å². The Kier molecular flexibility index (Phi) is 10.7. The molecule has 0 fully saturated rings. The van der Waals surface area contributed by atoms with Gasteiger partial charge in [-0.15, -0.1) is 0 Å². The summed E-state index contributed by atoms with van der Waals surface area (Å²) in [5, 5.41) is 10.0. The number of aliphatic hydroxyl groups excluding tert-OH is 1. The first-order valence-electron chi connectivity index (χ1n) is 12.9. The van der Waals surface area contributed by atoms with Crippen molar-refractivity contribution in [1.82, 2.24) is 0 Å². The van der Waals surface area contributed by atoms with Gasteiger partial charge in [0.15, 0.2) is 21.3 Å². The number of benzene rings is 3. The zero-order valence-corrected chi connectivity index (χ0v) is 23.0. The maximum Gasteiger partial charge on any atom is 0.343 e. The van der Waals surface area contributed by atoms with E-state index in [4.69, 9.17) is 9.47 Å². The van der Waals surface area contributed by atoms with Crippen molar-refractivity contribution in [2.75, 3.05) is 7.11 Å². The van der Waals surface area contributed by atoms with Crippen LogP contribution in [-0.4, -0.2) is 38.0 Å². The molecule has 3 rings (SSSR count). The lowest BCUT2D eigenvalue weighted by Crippen LogP contribution is -2.33. The average molecular weight is 537 g/mol. The third kappa shape index (κ3) is 7.79. The molecule has 38 heavy (non-hydrogen) atoms. The molecular weight excluding hydrogens is 500 g/mol. The Bertz CT molecular complexity index is 1310. The molecule has 0 saturated heterocycles. The highest BCUT2D eigenvalue weighted by molar-refractivity contribution is 7.92. The van der Waals surface area contributed by atoms with Gasteiger partial charge in [0.1, 0.15) is 5.25 Å². The van der Waals surface area contributed by atoms with Crippen molar-refractivity contribution in [2.45, 2.75) is 62.2 Å². The van der Waals surface area contributed by atoms with Crippen molar-refractivity contribution >= 4 is 15.8 Å². The van der Waals surface area contributed by atoms with Crippen molar-refractivity contribution in [3.8, 4) is 11.5 Å². The molecule has 0 radical (unpaired) electrons. The van der Waals surface area contributed by atoms with Gasteiger partial charge >= 0.3 is 5.97 Å². The monoisotopic (exact) mass is 536 g/mol. The molecule has 0 heterocycles. The molecule has 2 unspecified atom stereocenters. The predicted octanol–water partition coefficient (Wildman–Crippen LogP) is 6.11. The van der Waals surface area contributed by atoms with Crippen LogP contribution in [0.3, 0.4) is 0 Å². The number of carbonyl (C=O) groups excluding carboxylic acids is 1. The molecule has 0 amide bonds. The number of ether oxygens (including phenoxy) is 2. The van der Waals surface area contributed by atoms with E-state index in [2.05, 4.69) is 6.92 Å². The van der Waals surface area contributed by atoms with Gasteiger partial charge < -0.3 is 14.6 Å². The van der Waals surface area contributed by atoms with E-state index in [-0.39, 0.29) is 17.1 Å². The van der Waals surface area contributed by atoms with E-state index in [1.54, 1.807) is 72.8 Å². The standard InChI is InChI=1S/C31H36O6S/c1-4-5-6-10-13-30(38(34,35)26-18-14-23(2)15-19-26)27(32)20-16-24-17-21-28(29(22-24)36-3)37-31(33)25-11-8-7-9-12-25/h7-15,17-19,21-22,27,30,32H,4-6,16,20H2,1-3H3. The molecule has 6 nitrogen and oxygen atoms in total. The molecule has 202 valence electrons. The van der Waals surface area contributed by atoms with Crippen molar-refractivity contribution in [3.05, 3.63) is 102 Å². The smallest absolute Gasteiger partial charge is 0.343 e. The molecule has 0 aliphatic rings. The second-order valence-electron chi connectivity index (χ2n) is 9.24. The van der Waals surface area contributed by atoms with Crippen LogP contribution in [0.15, 0.2) is 89.8 Å². The minimum atomic E-state index is -3.79. The lowest BCUT2D eigenvalue weighted by atomic mass is 10.0. The first-order chi connectivity index (χ1) is 18.3. The topological polar surface area (TPSA) is 89.9 Å². The highest BCUT2D eigenvalue weighted by Gasteiger charge is 2.31. The summed E-state index contributed by atoms with van der Waals surface area (Å²) in [6.45, 7) is 3.97. The van der Waals surface area contributed by atoms with Crippen molar-refractivity contribution in [1.29, 1.82) is 0 Å². The van der Waals surface area contributed by atoms with Crippen LogP contribution in [0.5, 0.6) is 11.5 Å². The molecule has 0 aromatic heterocycles. The second kappa shape index (κ2) is 13.9. The van der Waals surface area contributed by atoms with E-state index in [0.717, 1.165) is 30.4 Å². The van der Waals surface area contributed by atoms with E-state index in [0.29, 0.717) is 17.7 Å². The third-order valence-electron chi connectivity index (χ3n) is 6.31. The Morgan fingerprint density at radius 1 is 1.00 bits per heavy atom. The normalized spacial score (nSPS) is 13.3. The Morgan fingerprint density at radius 2 is 1.71 bits per heavy atom. The first-order valence-corrected chi connectivity index (χ1v) is 14.4. The summed E-state index contributed by atoms with van der Waals surface area (Å²) in [6.07, 6.45) is 5.70. The molecule has 0 spiro atoms. The van der Waals surface area contributed by atoms with Gasteiger partial charge in [0, 0.05) is 0 Å². The van der Waals surface area contributed by atoms with Gasteiger partial charge in [0.05, 0.1) is 23.7 Å². The van der Waals surface area contributed by atoms with Gasteiger partial charge in [-0.25, -0.2) is 13.2 Å². The highest BCUT2D eigenvalue weighted by atomic mass is 32.2. The molecular formula is C31H36O6S. The van der Waals surface area contributed by atoms with Crippen LogP contribution < -0.4 is 9.47 Å². The number of sulfone groups is 1. The number of allylic oxidation sites excluding steroid dienone is 1. The highest BCUT2D eigenvalue weighted by Crippen LogP contribution is 2.30. The SMILES string of the molecule is CCCCC=CC(C(O)CCc1ccc(OC(=O)c2ccccc2)c(OC)c1)S(=O)(=O)c1ccc(C)cc1. The molecule has 3 aromatic carbocycles. The van der Waals surface area contributed by atoms with Gasteiger partial charge in [-0.3, -0.25) is 0 Å². The number of aryl methyl sites for hydroxylation is 2. The summed E-state index contributed by atoms with van der Waals surface area (Å²) in [7, 11) is -2.30. The summed E-state index contributed by atoms with van der Waals surface area (Å²) in [5.41, 5.74) is 2.21. The summed E-state index contributed by atoms with van der Waals surface area (Å²) in [6, 6.07) is 20.5. The number of aliphatic hydroxyl groups is 1.